The van der Waals surface area contributed by atoms with Crippen molar-refractivity contribution < 1.29 is 0 Å². The average Bonchev–Trinajstić information content (AvgIpc) is 3.10. The molecule has 2 saturated heterocycles. The number of fused-ring (bicyclic) bond motifs is 3. The molecule has 2 heterocycles. The van der Waals surface area contributed by atoms with Crippen LogP contribution in [0, 0.1) is 6.92 Å². The third kappa shape index (κ3) is 1.03. The van der Waals surface area contributed by atoms with E-state index in [4.69, 9.17) is 0 Å². The summed E-state index contributed by atoms with van der Waals surface area (Å²) in [4.78, 5) is 2.07. The van der Waals surface area contributed by atoms with Crippen LogP contribution in [0.2, 0.25) is 13.9 Å². The van der Waals surface area contributed by atoms with E-state index in [1.54, 1.807) is 5.56 Å². The zero-order valence-electron chi connectivity index (χ0n) is 9.44. The molecule has 2 heteroatoms. The van der Waals surface area contributed by atoms with Crippen molar-refractivity contribution in [3.63, 3.8) is 0 Å². The molecule has 3 aliphatic rings. The van der Waals surface area contributed by atoms with Gasteiger partial charge in [0.15, 0.2) is 0 Å². The second-order valence-corrected chi connectivity index (χ2v) is 11.5. The number of benzene rings is 1. The van der Waals surface area contributed by atoms with Crippen LogP contribution < -0.4 is 0 Å². The Morgan fingerprint density at radius 3 is 2.88 bits per heavy atom. The standard InChI is InChI=1S/C14H14Se2/c1-9-5-3-4-6-10(9)14-8-7-11-12(15-11)13(14,2)16-14/h3-8,11-12H,1-2H3. The Balaban J connectivity index is 1.88. The summed E-state index contributed by atoms with van der Waals surface area (Å²) in [6.45, 7) is 4.83. The van der Waals surface area contributed by atoms with Crippen LogP contribution in [-0.2, 0) is 4.31 Å². The molecular weight excluding hydrogens is 326 g/mol. The van der Waals surface area contributed by atoms with Crippen molar-refractivity contribution in [2.45, 2.75) is 32.1 Å². The van der Waals surface area contributed by atoms with Crippen molar-refractivity contribution in [2.75, 3.05) is 0 Å². The Bertz CT molecular complexity index is 507. The van der Waals surface area contributed by atoms with Crippen molar-refractivity contribution >= 4 is 29.9 Å². The maximum absolute atomic E-state index is 2.57. The molecule has 2 aliphatic heterocycles. The van der Waals surface area contributed by atoms with Gasteiger partial charge in [-0.1, -0.05) is 0 Å². The molecule has 0 spiro atoms. The first kappa shape index (κ1) is 9.97. The van der Waals surface area contributed by atoms with Gasteiger partial charge < -0.3 is 0 Å². The fourth-order valence-electron chi connectivity index (χ4n) is 3.12. The fourth-order valence-corrected chi connectivity index (χ4v) is 11.1. The van der Waals surface area contributed by atoms with E-state index >= 15 is 0 Å². The summed E-state index contributed by atoms with van der Waals surface area (Å²) >= 11 is 1.72. The van der Waals surface area contributed by atoms with Crippen LogP contribution in [0.4, 0.5) is 0 Å². The maximum atomic E-state index is 2.57. The van der Waals surface area contributed by atoms with Crippen molar-refractivity contribution in [1.29, 1.82) is 0 Å². The van der Waals surface area contributed by atoms with Gasteiger partial charge in [-0.25, -0.2) is 0 Å². The molecule has 0 amide bonds. The van der Waals surface area contributed by atoms with Crippen LogP contribution in [0.5, 0.6) is 0 Å². The molecule has 1 aromatic carbocycles. The molecule has 4 atom stereocenters. The zero-order chi connectivity index (χ0) is 11.0. The fraction of sp³-hybridized carbons (Fsp3) is 0.429. The summed E-state index contributed by atoms with van der Waals surface area (Å²) in [7, 11) is 0. The summed E-state index contributed by atoms with van der Waals surface area (Å²) in [6, 6.07) is 9.02. The zero-order valence-corrected chi connectivity index (χ0v) is 12.9. The molecule has 0 saturated carbocycles. The number of aryl methyl sites for hydroxylation is 1. The minimum atomic E-state index is 0.477. The van der Waals surface area contributed by atoms with Crippen molar-refractivity contribution in [3.8, 4) is 0 Å². The first-order valence-corrected chi connectivity index (χ1v) is 9.48. The van der Waals surface area contributed by atoms with Crippen molar-refractivity contribution in [3.05, 3.63) is 47.5 Å². The first-order chi connectivity index (χ1) is 7.67. The van der Waals surface area contributed by atoms with Crippen LogP contribution in [-0.4, -0.2) is 29.9 Å². The van der Waals surface area contributed by atoms with Gasteiger partial charge in [0.2, 0.25) is 0 Å². The van der Waals surface area contributed by atoms with Crippen LogP contribution in [0.25, 0.3) is 0 Å². The van der Waals surface area contributed by atoms with Crippen molar-refractivity contribution in [2.24, 2.45) is 0 Å². The summed E-state index contributed by atoms with van der Waals surface area (Å²) in [6.07, 6.45) is 5.11. The van der Waals surface area contributed by atoms with Gasteiger partial charge in [-0.2, -0.15) is 0 Å². The van der Waals surface area contributed by atoms with Gasteiger partial charge in [0.05, 0.1) is 0 Å². The van der Waals surface area contributed by atoms with E-state index in [-0.39, 0.29) is 0 Å². The second kappa shape index (κ2) is 2.87. The number of rotatable bonds is 1. The molecule has 2 fully saturated rings. The van der Waals surface area contributed by atoms with Gasteiger partial charge in [-0.3, -0.25) is 0 Å². The van der Waals surface area contributed by atoms with E-state index in [0.717, 1.165) is 39.5 Å². The van der Waals surface area contributed by atoms with Gasteiger partial charge >= 0.3 is 110 Å². The summed E-state index contributed by atoms with van der Waals surface area (Å²) in [5.74, 6) is 0. The molecule has 82 valence electrons. The van der Waals surface area contributed by atoms with E-state index in [0.29, 0.717) is 8.63 Å². The van der Waals surface area contributed by atoms with Crippen LogP contribution in [0.1, 0.15) is 18.1 Å². The number of hydrogen-bond acceptors (Lipinski definition) is 0. The minimum absolute atomic E-state index is 0.477. The third-order valence-corrected chi connectivity index (χ3v) is 12.1. The number of hydrogen-bond donors (Lipinski definition) is 0. The topological polar surface area (TPSA) is 0 Å². The average molecular weight is 340 g/mol. The number of allylic oxidation sites excluding steroid dienone is 2. The summed E-state index contributed by atoms with van der Waals surface area (Å²) in [5.41, 5.74) is 3.11. The summed E-state index contributed by atoms with van der Waals surface area (Å²) < 4.78 is 1.15. The molecule has 0 bridgehead atoms. The van der Waals surface area contributed by atoms with E-state index < -0.39 is 0 Å². The Morgan fingerprint density at radius 1 is 1.25 bits per heavy atom. The van der Waals surface area contributed by atoms with E-state index in [1.807, 2.05) is 0 Å². The first-order valence-electron chi connectivity index (χ1n) is 5.78. The van der Waals surface area contributed by atoms with Crippen LogP contribution >= 0.6 is 0 Å². The normalized spacial score (nSPS) is 47.1. The molecule has 4 rings (SSSR count). The van der Waals surface area contributed by atoms with Crippen LogP contribution in [0.15, 0.2) is 36.4 Å². The Kier molecular flexibility index (Phi) is 1.79. The van der Waals surface area contributed by atoms with Gasteiger partial charge in [0.25, 0.3) is 0 Å². The Hall–Kier alpha value is -0.00104. The molecule has 0 nitrogen and oxygen atoms in total. The third-order valence-electron chi connectivity index (χ3n) is 4.20. The molecule has 0 N–H and O–H groups in total. The SMILES string of the molecule is Cc1ccccc1C12C=CC3[Se]C3C1(C)[Se]2. The van der Waals surface area contributed by atoms with E-state index in [1.165, 1.54) is 5.56 Å². The Morgan fingerprint density at radius 2 is 2.06 bits per heavy atom. The van der Waals surface area contributed by atoms with E-state index in [9.17, 15) is 0 Å². The molecule has 0 aromatic heterocycles. The quantitative estimate of drug-likeness (QED) is 0.545. The summed E-state index contributed by atoms with van der Waals surface area (Å²) in [5, 5.41) is 0. The van der Waals surface area contributed by atoms with Gasteiger partial charge in [-0.15, -0.1) is 0 Å². The Labute approximate surface area is 109 Å². The van der Waals surface area contributed by atoms with E-state index in [2.05, 4.69) is 50.3 Å². The van der Waals surface area contributed by atoms with Gasteiger partial charge in [0.1, 0.15) is 0 Å². The predicted octanol–water partition coefficient (Wildman–Crippen LogP) is 2.95. The van der Waals surface area contributed by atoms with Gasteiger partial charge in [-0.05, 0) is 0 Å². The van der Waals surface area contributed by atoms with Crippen molar-refractivity contribution in [1.82, 2.24) is 0 Å². The predicted molar refractivity (Wildman–Crippen MR) is 69.4 cm³/mol. The molecule has 16 heavy (non-hydrogen) atoms. The van der Waals surface area contributed by atoms with Gasteiger partial charge in [0, 0.05) is 0 Å². The monoisotopic (exact) mass is 342 g/mol. The molecule has 1 aliphatic carbocycles. The van der Waals surface area contributed by atoms with Crippen LogP contribution in [0.3, 0.4) is 0 Å². The molecule has 4 unspecified atom stereocenters. The second-order valence-electron chi connectivity index (χ2n) is 5.14. The molecule has 0 radical (unpaired) electrons. The molecular formula is C14H14Se2. The molecule has 1 aromatic rings.